The predicted molar refractivity (Wildman–Crippen MR) is 102 cm³/mol. The zero-order valence-electron chi connectivity index (χ0n) is 14.5. The van der Waals surface area contributed by atoms with Gasteiger partial charge in [-0.1, -0.05) is 35.9 Å². The van der Waals surface area contributed by atoms with E-state index in [-0.39, 0.29) is 6.42 Å². The van der Waals surface area contributed by atoms with Crippen LogP contribution in [0.2, 0.25) is 5.02 Å². The van der Waals surface area contributed by atoms with Crippen LogP contribution < -0.4 is 10.1 Å². The van der Waals surface area contributed by atoms with Crippen LogP contribution in [0.4, 0.5) is 0 Å². The van der Waals surface area contributed by atoms with E-state index in [1.165, 1.54) is 13.3 Å². The van der Waals surface area contributed by atoms with Crippen molar-refractivity contribution in [1.29, 1.82) is 0 Å². The third-order valence-corrected chi connectivity index (χ3v) is 4.41. The summed E-state index contributed by atoms with van der Waals surface area (Å²) in [5, 5.41) is 13.2. The number of amides is 1. The molecule has 0 bridgehead atoms. The number of carboxylic acids is 1. The highest BCUT2D eigenvalue weighted by atomic mass is 35.5. The van der Waals surface area contributed by atoms with Gasteiger partial charge in [0.25, 0.3) is 5.91 Å². The number of aromatic nitrogens is 1. The summed E-state index contributed by atoms with van der Waals surface area (Å²) in [7, 11) is 1.50. The molecule has 1 atom stereocenters. The average molecular weight is 385 g/mol. The predicted octanol–water partition coefficient (Wildman–Crippen LogP) is 3.32. The second kappa shape index (κ2) is 8.05. The van der Waals surface area contributed by atoms with Crippen LogP contribution in [0.25, 0.3) is 10.9 Å². The zero-order valence-corrected chi connectivity index (χ0v) is 15.2. The van der Waals surface area contributed by atoms with Gasteiger partial charge in [-0.3, -0.25) is 9.78 Å². The number of nitrogens with zero attached hydrogens (tertiary/aromatic N) is 1. The Hall–Kier alpha value is -3.12. The third kappa shape index (κ3) is 4.35. The number of carboxylic acid groups (broad SMARTS) is 1. The molecule has 0 spiro atoms. The molecule has 1 heterocycles. The van der Waals surface area contributed by atoms with Crippen molar-refractivity contribution in [3.8, 4) is 5.75 Å². The summed E-state index contributed by atoms with van der Waals surface area (Å²) >= 11 is 6.08. The summed E-state index contributed by atoms with van der Waals surface area (Å²) in [6.07, 6.45) is 1.52. The molecule has 27 heavy (non-hydrogen) atoms. The number of methoxy groups -OCH3 is 1. The molecule has 0 fully saturated rings. The van der Waals surface area contributed by atoms with Crippen LogP contribution in [0.3, 0.4) is 0 Å². The number of pyridine rings is 1. The Labute approximate surface area is 160 Å². The maximum atomic E-state index is 12.5. The summed E-state index contributed by atoms with van der Waals surface area (Å²) in [4.78, 5) is 28.3. The second-order valence-corrected chi connectivity index (χ2v) is 6.36. The molecule has 6 nitrogen and oxygen atoms in total. The van der Waals surface area contributed by atoms with E-state index in [4.69, 9.17) is 16.3 Å². The van der Waals surface area contributed by atoms with E-state index in [0.717, 1.165) is 10.9 Å². The molecule has 1 aromatic heterocycles. The SMILES string of the molecule is COc1ccc(C[C@@H](NC(=O)c2cnc3ccccc3c2)C(=O)O)cc1Cl. The summed E-state index contributed by atoms with van der Waals surface area (Å²) in [5.41, 5.74) is 1.73. The first-order valence-electron chi connectivity index (χ1n) is 8.19. The molecule has 0 saturated heterocycles. The van der Waals surface area contributed by atoms with Crippen LogP contribution in [0.5, 0.6) is 5.75 Å². The van der Waals surface area contributed by atoms with Crippen LogP contribution >= 0.6 is 11.6 Å². The molecule has 3 rings (SSSR count). The molecule has 0 aliphatic rings. The summed E-state index contributed by atoms with van der Waals surface area (Å²) in [5.74, 6) is -1.14. The number of nitrogens with one attached hydrogen (secondary N) is 1. The largest absolute Gasteiger partial charge is 0.495 e. The highest BCUT2D eigenvalue weighted by Gasteiger charge is 2.22. The first-order chi connectivity index (χ1) is 13.0. The molecule has 3 aromatic rings. The molecule has 138 valence electrons. The number of ether oxygens (including phenoxy) is 1. The zero-order chi connectivity index (χ0) is 19.4. The van der Waals surface area contributed by atoms with Gasteiger partial charge in [0, 0.05) is 18.0 Å². The number of hydrogen-bond acceptors (Lipinski definition) is 4. The van der Waals surface area contributed by atoms with E-state index in [0.29, 0.717) is 21.9 Å². The average Bonchev–Trinajstić information content (AvgIpc) is 2.67. The summed E-state index contributed by atoms with van der Waals surface area (Å²) in [6, 6.07) is 13.0. The number of benzene rings is 2. The normalized spacial score (nSPS) is 11.8. The number of rotatable bonds is 6. The standard InChI is InChI=1S/C20H17ClN2O4/c1-27-18-7-6-12(8-15(18)21)9-17(20(25)26)23-19(24)14-10-13-4-2-3-5-16(13)22-11-14/h2-8,10-11,17H,9H2,1H3,(H,23,24)(H,25,26)/t17-/m1/s1. The highest BCUT2D eigenvalue weighted by molar-refractivity contribution is 6.32. The van der Waals surface area contributed by atoms with Crippen molar-refractivity contribution in [1.82, 2.24) is 10.3 Å². The lowest BCUT2D eigenvalue weighted by molar-refractivity contribution is -0.139. The van der Waals surface area contributed by atoms with Gasteiger partial charge in [0.15, 0.2) is 0 Å². The van der Waals surface area contributed by atoms with E-state index in [1.807, 2.05) is 24.3 Å². The molecule has 0 aliphatic heterocycles. The number of hydrogen-bond donors (Lipinski definition) is 2. The smallest absolute Gasteiger partial charge is 0.326 e. The van der Waals surface area contributed by atoms with Gasteiger partial charge in [-0.05, 0) is 29.8 Å². The highest BCUT2D eigenvalue weighted by Crippen LogP contribution is 2.25. The van der Waals surface area contributed by atoms with Crippen LogP contribution in [0.15, 0.2) is 54.7 Å². The molecule has 1 amide bonds. The van der Waals surface area contributed by atoms with E-state index < -0.39 is 17.9 Å². The fraction of sp³-hybridized carbons (Fsp3) is 0.150. The lowest BCUT2D eigenvalue weighted by Gasteiger charge is -2.15. The van der Waals surface area contributed by atoms with Gasteiger partial charge >= 0.3 is 5.97 Å². The van der Waals surface area contributed by atoms with E-state index in [9.17, 15) is 14.7 Å². The maximum absolute atomic E-state index is 12.5. The maximum Gasteiger partial charge on any atom is 0.326 e. The molecule has 0 aliphatic carbocycles. The van der Waals surface area contributed by atoms with Crippen molar-refractivity contribution in [3.05, 3.63) is 70.9 Å². The Bertz CT molecular complexity index is 1010. The number of para-hydroxylation sites is 1. The number of aliphatic carboxylic acids is 1. The summed E-state index contributed by atoms with van der Waals surface area (Å²) in [6.45, 7) is 0. The molecule has 0 saturated carbocycles. The number of carbonyl (C=O) groups is 2. The fourth-order valence-corrected chi connectivity index (χ4v) is 2.99. The number of carbonyl (C=O) groups excluding carboxylic acids is 1. The number of fused-ring (bicyclic) bond motifs is 1. The van der Waals surface area contributed by atoms with Gasteiger partial charge in [-0.15, -0.1) is 0 Å². The van der Waals surface area contributed by atoms with Crippen molar-refractivity contribution in [3.63, 3.8) is 0 Å². The molecule has 2 aromatic carbocycles. The van der Waals surface area contributed by atoms with Gasteiger partial charge in [0.1, 0.15) is 11.8 Å². The van der Waals surface area contributed by atoms with E-state index in [2.05, 4.69) is 10.3 Å². The third-order valence-electron chi connectivity index (χ3n) is 4.11. The first kappa shape index (κ1) is 18.7. The van der Waals surface area contributed by atoms with Gasteiger partial charge in [-0.2, -0.15) is 0 Å². The van der Waals surface area contributed by atoms with Gasteiger partial charge in [0.2, 0.25) is 0 Å². The van der Waals surface area contributed by atoms with Gasteiger partial charge in [-0.25, -0.2) is 4.79 Å². The lowest BCUT2D eigenvalue weighted by Crippen LogP contribution is -2.42. The Morgan fingerprint density at radius 1 is 1.22 bits per heavy atom. The molecular weight excluding hydrogens is 368 g/mol. The first-order valence-corrected chi connectivity index (χ1v) is 8.56. The molecule has 0 unspecified atom stereocenters. The van der Waals surface area contributed by atoms with Crippen LogP contribution in [-0.2, 0) is 11.2 Å². The van der Waals surface area contributed by atoms with Gasteiger partial charge in [0.05, 0.1) is 23.2 Å². The van der Waals surface area contributed by atoms with Crippen molar-refractivity contribution in [2.24, 2.45) is 0 Å². The van der Waals surface area contributed by atoms with E-state index >= 15 is 0 Å². The lowest BCUT2D eigenvalue weighted by atomic mass is 10.0. The Kier molecular flexibility index (Phi) is 5.57. The van der Waals surface area contributed by atoms with Crippen molar-refractivity contribution >= 4 is 34.4 Å². The Morgan fingerprint density at radius 2 is 2.00 bits per heavy atom. The van der Waals surface area contributed by atoms with Gasteiger partial charge < -0.3 is 15.2 Å². The number of halogens is 1. The molecule has 7 heteroatoms. The van der Waals surface area contributed by atoms with E-state index in [1.54, 1.807) is 24.3 Å². The van der Waals surface area contributed by atoms with Crippen LogP contribution in [-0.4, -0.2) is 35.1 Å². The fourth-order valence-electron chi connectivity index (χ4n) is 2.71. The summed E-state index contributed by atoms with van der Waals surface area (Å²) < 4.78 is 5.08. The molecule has 0 radical (unpaired) electrons. The second-order valence-electron chi connectivity index (χ2n) is 5.95. The van der Waals surface area contributed by atoms with Crippen molar-refractivity contribution < 1.29 is 19.4 Å². The Balaban J connectivity index is 1.77. The Morgan fingerprint density at radius 3 is 2.70 bits per heavy atom. The van der Waals surface area contributed by atoms with Crippen LogP contribution in [0, 0.1) is 0 Å². The van der Waals surface area contributed by atoms with Crippen molar-refractivity contribution in [2.75, 3.05) is 7.11 Å². The quantitative estimate of drug-likeness (QED) is 0.680. The minimum absolute atomic E-state index is 0.0891. The van der Waals surface area contributed by atoms with Crippen molar-refractivity contribution in [2.45, 2.75) is 12.5 Å². The topological polar surface area (TPSA) is 88.5 Å². The molecule has 2 N–H and O–H groups in total. The monoisotopic (exact) mass is 384 g/mol. The molecular formula is C20H17ClN2O4. The minimum atomic E-state index is -1.14. The van der Waals surface area contributed by atoms with Crippen LogP contribution in [0.1, 0.15) is 15.9 Å². The minimum Gasteiger partial charge on any atom is -0.495 e.